The van der Waals surface area contributed by atoms with Crippen LogP contribution in [0.1, 0.15) is 30.0 Å². The summed E-state index contributed by atoms with van der Waals surface area (Å²) < 4.78 is 18.5. The SMILES string of the molecule is COc1ccc(/C(O)=C2/C(=O)C(=O)N(CCCC(=O)O)C2c2ccc(F)cc2)cc1. The van der Waals surface area contributed by atoms with E-state index in [0.29, 0.717) is 16.9 Å². The number of amides is 1. The molecule has 2 aromatic carbocycles. The summed E-state index contributed by atoms with van der Waals surface area (Å²) in [7, 11) is 1.49. The molecule has 1 aliphatic heterocycles. The molecule has 0 bridgehead atoms. The molecule has 3 rings (SSSR count). The van der Waals surface area contributed by atoms with Gasteiger partial charge in [0.15, 0.2) is 0 Å². The molecule has 2 aromatic rings. The number of aliphatic hydroxyl groups excluding tert-OH is 1. The maximum Gasteiger partial charge on any atom is 0.303 e. The van der Waals surface area contributed by atoms with Crippen LogP contribution in [0.3, 0.4) is 0 Å². The molecular formula is C22H20FNO6. The lowest BCUT2D eigenvalue weighted by Crippen LogP contribution is -2.31. The molecule has 156 valence electrons. The molecule has 0 radical (unpaired) electrons. The van der Waals surface area contributed by atoms with Gasteiger partial charge in [-0.1, -0.05) is 12.1 Å². The summed E-state index contributed by atoms with van der Waals surface area (Å²) in [5.41, 5.74) is 0.611. The molecule has 0 spiro atoms. The number of ether oxygens (including phenoxy) is 1. The van der Waals surface area contributed by atoms with E-state index in [-0.39, 0.29) is 30.7 Å². The van der Waals surface area contributed by atoms with E-state index in [1.54, 1.807) is 24.3 Å². The highest BCUT2D eigenvalue weighted by Gasteiger charge is 2.45. The van der Waals surface area contributed by atoms with Gasteiger partial charge in [-0.15, -0.1) is 0 Å². The monoisotopic (exact) mass is 413 g/mol. The van der Waals surface area contributed by atoms with Crippen molar-refractivity contribution in [2.75, 3.05) is 13.7 Å². The fraction of sp³-hybridized carbons (Fsp3) is 0.227. The van der Waals surface area contributed by atoms with E-state index in [4.69, 9.17) is 9.84 Å². The minimum Gasteiger partial charge on any atom is -0.507 e. The number of aliphatic carboxylic acids is 1. The summed E-state index contributed by atoms with van der Waals surface area (Å²) in [6.07, 6.45) is -0.0553. The van der Waals surface area contributed by atoms with Gasteiger partial charge in [-0.25, -0.2) is 4.39 Å². The van der Waals surface area contributed by atoms with E-state index >= 15 is 0 Å². The topological polar surface area (TPSA) is 104 Å². The Kier molecular flexibility index (Phi) is 6.15. The summed E-state index contributed by atoms with van der Waals surface area (Å²) >= 11 is 0. The zero-order valence-electron chi connectivity index (χ0n) is 16.2. The van der Waals surface area contributed by atoms with Crippen LogP contribution in [0.4, 0.5) is 4.39 Å². The Balaban J connectivity index is 2.07. The summed E-state index contributed by atoms with van der Waals surface area (Å²) in [5.74, 6) is -3.06. The van der Waals surface area contributed by atoms with Gasteiger partial charge >= 0.3 is 5.97 Å². The number of carbonyl (C=O) groups is 3. The number of aliphatic hydroxyl groups is 1. The second-order valence-corrected chi connectivity index (χ2v) is 6.77. The molecular weight excluding hydrogens is 393 g/mol. The molecule has 1 atom stereocenters. The molecule has 1 amide bonds. The number of carboxylic acid groups (broad SMARTS) is 1. The Hall–Kier alpha value is -3.68. The lowest BCUT2D eigenvalue weighted by molar-refractivity contribution is -0.140. The number of benzene rings is 2. The average Bonchev–Trinajstić information content (AvgIpc) is 2.98. The third-order valence-corrected chi connectivity index (χ3v) is 4.88. The third-order valence-electron chi connectivity index (χ3n) is 4.88. The first kappa shape index (κ1) is 21.0. The highest BCUT2D eigenvalue weighted by Crippen LogP contribution is 2.39. The van der Waals surface area contributed by atoms with Gasteiger partial charge in [0.1, 0.15) is 17.3 Å². The van der Waals surface area contributed by atoms with Gasteiger partial charge < -0.3 is 19.8 Å². The minimum atomic E-state index is -1.02. The molecule has 7 nitrogen and oxygen atoms in total. The first-order chi connectivity index (χ1) is 14.3. The number of Topliss-reactive ketones (excluding diaryl/α,β-unsaturated/α-hetero) is 1. The van der Waals surface area contributed by atoms with Crippen LogP contribution in [0.25, 0.3) is 5.76 Å². The standard InChI is InChI=1S/C22H20FNO6/c1-30-16-10-6-14(7-11-16)20(27)18-19(13-4-8-15(23)9-5-13)24(22(29)21(18)28)12-2-3-17(25)26/h4-11,19,27H,2-3,12H2,1H3,(H,25,26)/b20-18-. The van der Waals surface area contributed by atoms with Crippen LogP contribution in [0.5, 0.6) is 5.75 Å². The number of rotatable bonds is 7. The van der Waals surface area contributed by atoms with Gasteiger partial charge in [-0.3, -0.25) is 14.4 Å². The van der Waals surface area contributed by atoms with Crippen molar-refractivity contribution in [3.63, 3.8) is 0 Å². The number of hydrogen-bond donors (Lipinski definition) is 2. The predicted octanol–water partition coefficient (Wildman–Crippen LogP) is 3.12. The molecule has 30 heavy (non-hydrogen) atoms. The fourth-order valence-corrected chi connectivity index (χ4v) is 3.41. The van der Waals surface area contributed by atoms with Crippen molar-refractivity contribution in [3.05, 3.63) is 71.0 Å². The Labute approximate surface area is 172 Å². The Morgan fingerprint density at radius 1 is 1.07 bits per heavy atom. The predicted molar refractivity (Wildman–Crippen MR) is 105 cm³/mol. The molecule has 1 unspecified atom stereocenters. The van der Waals surface area contributed by atoms with Crippen molar-refractivity contribution < 1.29 is 33.7 Å². The van der Waals surface area contributed by atoms with Crippen molar-refractivity contribution in [1.82, 2.24) is 4.90 Å². The van der Waals surface area contributed by atoms with E-state index < -0.39 is 29.5 Å². The second kappa shape index (κ2) is 8.77. The first-order valence-electron chi connectivity index (χ1n) is 9.23. The van der Waals surface area contributed by atoms with Crippen molar-refractivity contribution >= 4 is 23.4 Å². The maximum absolute atomic E-state index is 13.4. The summed E-state index contributed by atoms with van der Waals surface area (Å²) in [6, 6.07) is 10.6. The minimum absolute atomic E-state index is 0.00168. The van der Waals surface area contributed by atoms with Gasteiger partial charge in [0.2, 0.25) is 0 Å². The van der Waals surface area contributed by atoms with Crippen molar-refractivity contribution in [1.29, 1.82) is 0 Å². The maximum atomic E-state index is 13.4. The molecule has 0 aliphatic carbocycles. The van der Waals surface area contributed by atoms with Gasteiger partial charge in [-0.05, 0) is 48.4 Å². The molecule has 1 fully saturated rings. The average molecular weight is 413 g/mol. The van der Waals surface area contributed by atoms with Gasteiger partial charge in [0.05, 0.1) is 18.7 Å². The zero-order chi connectivity index (χ0) is 21.8. The van der Waals surface area contributed by atoms with Gasteiger partial charge in [0, 0.05) is 18.5 Å². The number of hydrogen-bond acceptors (Lipinski definition) is 5. The smallest absolute Gasteiger partial charge is 0.303 e. The van der Waals surface area contributed by atoms with E-state index in [1.165, 1.54) is 36.3 Å². The van der Waals surface area contributed by atoms with Gasteiger partial charge in [0.25, 0.3) is 11.7 Å². The van der Waals surface area contributed by atoms with Crippen LogP contribution in [0.2, 0.25) is 0 Å². The van der Waals surface area contributed by atoms with Crippen molar-refractivity contribution in [2.24, 2.45) is 0 Å². The van der Waals surface area contributed by atoms with Crippen molar-refractivity contribution in [3.8, 4) is 5.75 Å². The van der Waals surface area contributed by atoms with Crippen LogP contribution >= 0.6 is 0 Å². The van der Waals surface area contributed by atoms with Crippen LogP contribution < -0.4 is 4.74 Å². The van der Waals surface area contributed by atoms with Crippen LogP contribution in [-0.4, -0.2) is 46.4 Å². The quantitative estimate of drug-likeness (QED) is 0.411. The van der Waals surface area contributed by atoms with E-state index in [2.05, 4.69) is 0 Å². The molecule has 2 N–H and O–H groups in total. The van der Waals surface area contributed by atoms with Gasteiger partial charge in [-0.2, -0.15) is 0 Å². The molecule has 8 heteroatoms. The molecule has 1 heterocycles. The summed E-state index contributed by atoms with van der Waals surface area (Å²) in [6.45, 7) is -0.00168. The highest BCUT2D eigenvalue weighted by atomic mass is 19.1. The van der Waals surface area contributed by atoms with Crippen molar-refractivity contribution in [2.45, 2.75) is 18.9 Å². The Morgan fingerprint density at radius 2 is 1.70 bits per heavy atom. The van der Waals surface area contributed by atoms with E-state index in [1.807, 2.05) is 0 Å². The number of likely N-dealkylation sites (tertiary alicyclic amines) is 1. The van der Waals surface area contributed by atoms with E-state index in [9.17, 15) is 23.9 Å². The largest absolute Gasteiger partial charge is 0.507 e. The number of carbonyl (C=O) groups excluding carboxylic acids is 2. The lowest BCUT2D eigenvalue weighted by atomic mass is 9.95. The Morgan fingerprint density at radius 3 is 2.27 bits per heavy atom. The number of ketones is 1. The van der Waals surface area contributed by atoms with Crippen LogP contribution in [0.15, 0.2) is 54.1 Å². The third kappa shape index (κ3) is 4.17. The lowest BCUT2D eigenvalue weighted by Gasteiger charge is -2.25. The second-order valence-electron chi connectivity index (χ2n) is 6.77. The molecule has 0 saturated carbocycles. The molecule has 1 saturated heterocycles. The molecule has 1 aliphatic rings. The van der Waals surface area contributed by atoms with Crippen LogP contribution in [-0.2, 0) is 14.4 Å². The van der Waals surface area contributed by atoms with E-state index in [0.717, 1.165) is 0 Å². The van der Waals surface area contributed by atoms with Crippen LogP contribution in [0, 0.1) is 5.82 Å². The normalized spacial score (nSPS) is 17.9. The number of methoxy groups -OCH3 is 1. The fourth-order valence-electron chi connectivity index (χ4n) is 3.41. The number of carboxylic acids is 1. The summed E-state index contributed by atoms with van der Waals surface area (Å²) in [4.78, 5) is 37.5. The zero-order valence-corrected chi connectivity index (χ0v) is 16.2. The Bertz CT molecular complexity index is 997. The molecule has 0 aromatic heterocycles. The number of halogens is 1. The number of nitrogens with zero attached hydrogens (tertiary/aromatic N) is 1. The first-order valence-corrected chi connectivity index (χ1v) is 9.23. The highest BCUT2D eigenvalue weighted by molar-refractivity contribution is 6.46. The summed E-state index contributed by atoms with van der Waals surface area (Å²) in [5, 5.41) is 19.7.